The first-order valence-electron chi connectivity index (χ1n) is 2.19. The SMILES string of the molecule is [O-][NH+](O)OCCCBr. The third kappa shape index (κ3) is 6.32. The molecule has 5 heteroatoms. The molecule has 0 aliphatic heterocycles. The first-order chi connectivity index (χ1) is 3.77. The van der Waals surface area contributed by atoms with Crippen molar-refractivity contribution in [3.8, 4) is 0 Å². The van der Waals surface area contributed by atoms with Crippen LogP contribution in [0.1, 0.15) is 6.42 Å². The van der Waals surface area contributed by atoms with E-state index >= 15 is 0 Å². The van der Waals surface area contributed by atoms with Gasteiger partial charge in [-0.05, 0) is 6.42 Å². The minimum Gasteiger partial charge on any atom is -0.566 e. The Bertz CT molecular complexity index is 51.8. The molecule has 0 aliphatic carbocycles. The van der Waals surface area contributed by atoms with Crippen molar-refractivity contribution >= 4 is 15.9 Å². The molecular weight excluding hydrogens is 178 g/mol. The van der Waals surface area contributed by atoms with Gasteiger partial charge < -0.3 is 5.21 Å². The zero-order valence-electron chi connectivity index (χ0n) is 4.26. The Morgan fingerprint density at radius 2 is 2.38 bits per heavy atom. The van der Waals surface area contributed by atoms with E-state index in [4.69, 9.17) is 5.21 Å². The minimum atomic E-state index is -1.20. The topological polar surface area (TPSA) is 57.0 Å². The Hall–Kier alpha value is 0.320. The van der Waals surface area contributed by atoms with Gasteiger partial charge in [0.15, 0.2) is 0 Å². The third-order valence-corrected chi connectivity index (χ3v) is 1.06. The van der Waals surface area contributed by atoms with Gasteiger partial charge >= 0.3 is 0 Å². The number of hydrogen-bond acceptors (Lipinski definition) is 3. The van der Waals surface area contributed by atoms with Gasteiger partial charge in [-0.25, -0.2) is 0 Å². The van der Waals surface area contributed by atoms with E-state index in [2.05, 4.69) is 20.8 Å². The molecule has 0 saturated heterocycles. The Balaban J connectivity index is 2.72. The molecule has 1 atom stereocenters. The van der Waals surface area contributed by atoms with E-state index in [0.717, 1.165) is 11.8 Å². The lowest BCUT2D eigenvalue weighted by atomic mass is 10.5. The minimum absolute atomic E-state index is 0.278. The maximum absolute atomic E-state index is 9.64. The van der Waals surface area contributed by atoms with Gasteiger partial charge in [-0.15, -0.1) is 0 Å². The zero-order chi connectivity index (χ0) is 6.41. The highest BCUT2D eigenvalue weighted by Gasteiger charge is 1.88. The summed E-state index contributed by atoms with van der Waals surface area (Å²) >= 11 is 3.13. The van der Waals surface area contributed by atoms with Crippen LogP contribution in [0.5, 0.6) is 0 Å². The van der Waals surface area contributed by atoms with Gasteiger partial charge in [0, 0.05) is 5.33 Å². The highest BCUT2D eigenvalue weighted by atomic mass is 79.9. The van der Waals surface area contributed by atoms with E-state index in [0.29, 0.717) is 0 Å². The number of nitrogens with one attached hydrogen (secondary N) is 1. The van der Waals surface area contributed by atoms with Crippen LogP contribution in [0, 0.1) is 5.21 Å². The summed E-state index contributed by atoms with van der Waals surface area (Å²) in [7, 11) is 0. The van der Waals surface area contributed by atoms with Crippen LogP contribution in [-0.2, 0) is 4.84 Å². The molecule has 0 amide bonds. The molecule has 0 aromatic carbocycles. The molecular formula is C3H8BrNO3. The molecule has 4 nitrogen and oxygen atoms in total. The summed E-state index contributed by atoms with van der Waals surface area (Å²) in [5.74, 6) is 0. The average molecular weight is 186 g/mol. The van der Waals surface area contributed by atoms with Crippen molar-refractivity contribution in [2.75, 3.05) is 11.9 Å². The smallest absolute Gasteiger partial charge is 0.111 e. The molecule has 0 aromatic rings. The maximum atomic E-state index is 9.64. The van der Waals surface area contributed by atoms with Crippen molar-refractivity contribution < 1.29 is 15.4 Å². The third-order valence-electron chi connectivity index (χ3n) is 0.504. The fourth-order valence-corrected chi connectivity index (χ4v) is 0.443. The summed E-state index contributed by atoms with van der Waals surface area (Å²) in [6.07, 6.45) is 0.728. The second kappa shape index (κ2) is 5.46. The van der Waals surface area contributed by atoms with E-state index in [1.54, 1.807) is 0 Å². The van der Waals surface area contributed by atoms with Crippen molar-refractivity contribution in [3.05, 3.63) is 5.21 Å². The Morgan fingerprint density at radius 3 is 2.75 bits per heavy atom. The Kier molecular flexibility index (Phi) is 5.67. The predicted octanol–water partition coefficient (Wildman–Crippen LogP) is -0.525. The molecule has 50 valence electrons. The highest BCUT2D eigenvalue weighted by molar-refractivity contribution is 9.09. The lowest BCUT2D eigenvalue weighted by molar-refractivity contribution is -1.21. The molecule has 8 heavy (non-hydrogen) atoms. The van der Waals surface area contributed by atoms with Gasteiger partial charge in [-0.3, -0.25) is 0 Å². The number of hydrogen-bond donors (Lipinski definition) is 2. The molecule has 2 N–H and O–H groups in total. The van der Waals surface area contributed by atoms with E-state index < -0.39 is 5.39 Å². The number of rotatable bonds is 4. The van der Waals surface area contributed by atoms with E-state index in [1.807, 2.05) is 0 Å². The van der Waals surface area contributed by atoms with Crippen LogP contribution in [0.15, 0.2) is 0 Å². The van der Waals surface area contributed by atoms with Crippen LogP contribution in [0.4, 0.5) is 0 Å². The van der Waals surface area contributed by atoms with Gasteiger partial charge in [-0.1, -0.05) is 21.3 Å². The maximum Gasteiger partial charge on any atom is 0.111 e. The van der Waals surface area contributed by atoms with Crippen LogP contribution < -0.4 is 5.39 Å². The van der Waals surface area contributed by atoms with Gasteiger partial charge in [0.05, 0.1) is 0 Å². The predicted molar refractivity (Wildman–Crippen MR) is 30.5 cm³/mol. The van der Waals surface area contributed by atoms with Crippen LogP contribution in [0.25, 0.3) is 0 Å². The molecule has 0 radical (unpaired) electrons. The highest BCUT2D eigenvalue weighted by Crippen LogP contribution is 1.84. The second-order valence-electron chi connectivity index (χ2n) is 1.16. The quantitative estimate of drug-likeness (QED) is 0.352. The van der Waals surface area contributed by atoms with Crippen molar-refractivity contribution in [2.24, 2.45) is 0 Å². The van der Waals surface area contributed by atoms with Gasteiger partial charge in [-0.2, -0.15) is 10.0 Å². The molecule has 0 rings (SSSR count). The number of halogens is 1. The Morgan fingerprint density at radius 1 is 1.75 bits per heavy atom. The largest absolute Gasteiger partial charge is 0.566 e. The molecule has 0 saturated carbocycles. The van der Waals surface area contributed by atoms with E-state index in [1.165, 1.54) is 0 Å². The number of alkyl halides is 1. The van der Waals surface area contributed by atoms with E-state index in [-0.39, 0.29) is 6.61 Å². The number of quaternary nitrogens is 1. The van der Waals surface area contributed by atoms with Gasteiger partial charge in [0.1, 0.15) is 6.61 Å². The summed E-state index contributed by atoms with van der Waals surface area (Å²) in [4.78, 5) is 4.17. The summed E-state index contributed by atoms with van der Waals surface area (Å²) in [5.41, 5.74) is 0. The first kappa shape index (κ1) is 8.32. The average Bonchev–Trinajstić information content (AvgIpc) is 1.66. The van der Waals surface area contributed by atoms with Crippen LogP contribution in [0.3, 0.4) is 0 Å². The fourth-order valence-electron chi connectivity index (χ4n) is 0.214. The lowest BCUT2D eigenvalue weighted by Gasteiger charge is -2.08. The van der Waals surface area contributed by atoms with Crippen molar-refractivity contribution in [1.29, 1.82) is 0 Å². The first-order valence-corrected chi connectivity index (χ1v) is 3.31. The molecule has 0 bridgehead atoms. The van der Waals surface area contributed by atoms with Gasteiger partial charge in [0.25, 0.3) is 0 Å². The molecule has 0 heterocycles. The van der Waals surface area contributed by atoms with Gasteiger partial charge in [0.2, 0.25) is 0 Å². The standard InChI is InChI=1S/C3H8BrNO3/c4-2-1-3-8-5(6)7/h5-6H,1-3H2. The summed E-state index contributed by atoms with van der Waals surface area (Å²) in [6.45, 7) is 0.278. The van der Waals surface area contributed by atoms with Crippen molar-refractivity contribution in [2.45, 2.75) is 6.42 Å². The normalized spacial score (nSPS) is 13.9. The molecule has 1 unspecified atom stereocenters. The molecule has 0 spiro atoms. The zero-order valence-corrected chi connectivity index (χ0v) is 5.85. The molecule has 0 aromatic heterocycles. The van der Waals surface area contributed by atoms with Crippen LogP contribution in [-0.4, -0.2) is 17.1 Å². The van der Waals surface area contributed by atoms with Crippen molar-refractivity contribution in [1.82, 2.24) is 0 Å². The molecule has 0 fully saturated rings. The molecule has 0 aliphatic rings. The monoisotopic (exact) mass is 185 g/mol. The van der Waals surface area contributed by atoms with E-state index in [9.17, 15) is 5.21 Å². The van der Waals surface area contributed by atoms with Crippen LogP contribution >= 0.6 is 15.9 Å². The lowest BCUT2D eigenvalue weighted by Crippen LogP contribution is -3.03. The Labute approximate surface area is 55.7 Å². The summed E-state index contributed by atoms with van der Waals surface area (Å²) in [6, 6.07) is 0. The fraction of sp³-hybridized carbons (Fsp3) is 1.00. The van der Waals surface area contributed by atoms with Crippen molar-refractivity contribution in [3.63, 3.8) is 0 Å². The second-order valence-corrected chi connectivity index (χ2v) is 1.95. The summed E-state index contributed by atoms with van der Waals surface area (Å²) in [5, 5.41) is 17.1. The summed E-state index contributed by atoms with van der Waals surface area (Å²) < 4.78 is 0. The van der Waals surface area contributed by atoms with Crippen LogP contribution in [0.2, 0.25) is 0 Å².